The molecule has 5 heteroatoms. The van der Waals surface area contributed by atoms with Crippen molar-refractivity contribution >= 4 is 11.7 Å². The van der Waals surface area contributed by atoms with Crippen molar-refractivity contribution < 1.29 is 19.5 Å². The van der Waals surface area contributed by atoms with Crippen LogP contribution < -0.4 is 0 Å². The van der Waals surface area contributed by atoms with E-state index in [1.807, 2.05) is 6.92 Å². The molecule has 0 radical (unpaired) electrons. The van der Waals surface area contributed by atoms with Crippen molar-refractivity contribution in [2.45, 2.75) is 63.9 Å². The Morgan fingerprint density at radius 1 is 1.45 bits per heavy atom. The van der Waals surface area contributed by atoms with E-state index in [1.54, 1.807) is 6.08 Å². The smallest absolute Gasteiger partial charge is 0.344 e. The second-order valence-electron chi connectivity index (χ2n) is 6.00. The van der Waals surface area contributed by atoms with Gasteiger partial charge in [0.05, 0.1) is 5.71 Å². The molecule has 1 fully saturated rings. The molecule has 0 saturated heterocycles. The maximum Gasteiger partial charge on any atom is 0.344 e. The van der Waals surface area contributed by atoms with Crippen LogP contribution in [0.4, 0.5) is 0 Å². The van der Waals surface area contributed by atoms with Gasteiger partial charge in [-0.1, -0.05) is 37.6 Å². The molecule has 2 rings (SSSR count). The van der Waals surface area contributed by atoms with E-state index in [4.69, 9.17) is 9.57 Å². The molecule has 1 spiro atoms. The van der Waals surface area contributed by atoms with Crippen LogP contribution in [0.3, 0.4) is 0 Å². The molecule has 0 unspecified atom stereocenters. The van der Waals surface area contributed by atoms with Crippen molar-refractivity contribution in [2.24, 2.45) is 5.16 Å². The highest BCUT2D eigenvalue weighted by molar-refractivity contribution is 6.20. The first-order valence-corrected chi connectivity index (χ1v) is 8.07. The molecule has 22 heavy (non-hydrogen) atoms. The van der Waals surface area contributed by atoms with Crippen LogP contribution in [-0.4, -0.2) is 29.0 Å². The Kier molecular flexibility index (Phi) is 5.63. The molecule has 122 valence electrons. The van der Waals surface area contributed by atoms with Gasteiger partial charge in [-0.05, 0) is 32.1 Å². The highest BCUT2D eigenvalue weighted by atomic mass is 16.6. The van der Waals surface area contributed by atoms with Crippen LogP contribution in [0.25, 0.3) is 0 Å². The Labute approximate surface area is 131 Å². The molecule has 0 aromatic carbocycles. The minimum absolute atomic E-state index is 0.0903. The first-order chi connectivity index (χ1) is 10.6. The number of aliphatic hydroxyl groups is 1. The standard InChI is InChI=1S/C17H25NO4/c1-3-8-13(18-21-11-4-2)15-14(19)12-17(22-16(15)20)9-6-5-7-10-17/h4,19H,2-3,5-12H2,1H3. The molecule has 0 amide bonds. The Morgan fingerprint density at radius 3 is 2.77 bits per heavy atom. The van der Waals surface area contributed by atoms with E-state index < -0.39 is 11.6 Å². The normalized spacial score (nSPS) is 21.7. The van der Waals surface area contributed by atoms with Crippen LogP contribution in [-0.2, 0) is 14.4 Å². The molecule has 0 bridgehead atoms. The molecule has 1 saturated carbocycles. The number of carbonyl (C=O) groups excluding carboxylic acids is 1. The molecular weight excluding hydrogens is 282 g/mol. The van der Waals surface area contributed by atoms with Gasteiger partial charge in [0.15, 0.2) is 0 Å². The maximum absolute atomic E-state index is 12.4. The number of rotatable bonds is 6. The molecule has 1 aliphatic carbocycles. The third kappa shape index (κ3) is 3.70. The number of hydrogen-bond acceptors (Lipinski definition) is 5. The zero-order chi connectivity index (χ0) is 16.0. The SMILES string of the molecule is C=CCON=C(CCC)C1=C(O)CC2(CCCCC2)OC1=O. The molecule has 5 nitrogen and oxygen atoms in total. The quantitative estimate of drug-likeness (QED) is 0.266. The van der Waals surface area contributed by atoms with Crippen LogP contribution >= 0.6 is 0 Å². The number of oxime groups is 1. The average Bonchev–Trinajstić information content (AvgIpc) is 2.47. The lowest BCUT2D eigenvalue weighted by atomic mass is 9.79. The molecule has 2 aliphatic rings. The van der Waals surface area contributed by atoms with Crippen molar-refractivity contribution in [2.75, 3.05) is 6.61 Å². The zero-order valence-corrected chi connectivity index (χ0v) is 13.3. The highest BCUT2D eigenvalue weighted by Gasteiger charge is 2.43. The third-order valence-corrected chi connectivity index (χ3v) is 4.20. The Balaban J connectivity index is 2.23. The fourth-order valence-electron chi connectivity index (χ4n) is 3.18. The first kappa shape index (κ1) is 16.6. The summed E-state index contributed by atoms with van der Waals surface area (Å²) in [5.74, 6) is -0.382. The monoisotopic (exact) mass is 307 g/mol. The van der Waals surface area contributed by atoms with Gasteiger partial charge in [-0.2, -0.15) is 0 Å². The molecule has 1 N–H and O–H groups in total. The minimum Gasteiger partial charge on any atom is -0.511 e. The fourth-order valence-corrected chi connectivity index (χ4v) is 3.18. The van der Waals surface area contributed by atoms with Crippen molar-refractivity contribution in [3.05, 3.63) is 24.0 Å². The largest absolute Gasteiger partial charge is 0.511 e. The summed E-state index contributed by atoms with van der Waals surface area (Å²) >= 11 is 0. The third-order valence-electron chi connectivity index (χ3n) is 4.20. The van der Waals surface area contributed by atoms with Gasteiger partial charge in [-0.15, -0.1) is 0 Å². The van der Waals surface area contributed by atoms with Gasteiger partial charge in [0.2, 0.25) is 0 Å². The van der Waals surface area contributed by atoms with Crippen LogP contribution in [0.15, 0.2) is 29.1 Å². The van der Waals surface area contributed by atoms with E-state index >= 15 is 0 Å². The van der Waals surface area contributed by atoms with E-state index in [0.29, 0.717) is 18.6 Å². The second-order valence-corrected chi connectivity index (χ2v) is 6.00. The van der Waals surface area contributed by atoms with E-state index in [9.17, 15) is 9.90 Å². The average molecular weight is 307 g/mol. The first-order valence-electron chi connectivity index (χ1n) is 8.07. The van der Waals surface area contributed by atoms with Crippen LogP contribution in [0, 0.1) is 0 Å². The summed E-state index contributed by atoms with van der Waals surface area (Å²) in [5.41, 5.74) is 0.127. The Bertz CT molecular complexity index is 487. The molecule has 0 aromatic rings. The highest BCUT2D eigenvalue weighted by Crippen LogP contribution is 2.40. The lowest BCUT2D eigenvalue weighted by Crippen LogP contribution is -2.43. The summed E-state index contributed by atoms with van der Waals surface area (Å²) in [7, 11) is 0. The van der Waals surface area contributed by atoms with Gasteiger partial charge in [-0.25, -0.2) is 4.79 Å². The van der Waals surface area contributed by atoms with Crippen LogP contribution in [0.1, 0.15) is 58.3 Å². The molecule has 0 atom stereocenters. The van der Waals surface area contributed by atoms with Gasteiger partial charge in [0.25, 0.3) is 0 Å². The molecule has 0 aromatic heterocycles. The van der Waals surface area contributed by atoms with Gasteiger partial charge in [-0.3, -0.25) is 0 Å². The van der Waals surface area contributed by atoms with Crippen molar-refractivity contribution in [3.63, 3.8) is 0 Å². The van der Waals surface area contributed by atoms with Gasteiger partial charge >= 0.3 is 5.97 Å². The minimum atomic E-state index is -0.512. The van der Waals surface area contributed by atoms with Crippen LogP contribution in [0.2, 0.25) is 0 Å². The number of ether oxygens (including phenoxy) is 1. The zero-order valence-electron chi connectivity index (χ0n) is 13.3. The second kappa shape index (κ2) is 7.47. The number of carbonyl (C=O) groups is 1. The maximum atomic E-state index is 12.4. The Hall–Kier alpha value is -1.78. The summed E-state index contributed by atoms with van der Waals surface area (Å²) in [6, 6.07) is 0. The number of nitrogens with zero attached hydrogens (tertiary/aromatic N) is 1. The van der Waals surface area contributed by atoms with Gasteiger partial charge in [0.1, 0.15) is 23.5 Å². The van der Waals surface area contributed by atoms with Crippen molar-refractivity contribution in [1.29, 1.82) is 0 Å². The molecular formula is C17H25NO4. The van der Waals surface area contributed by atoms with Gasteiger partial charge < -0.3 is 14.7 Å². The lowest BCUT2D eigenvalue weighted by molar-refractivity contribution is -0.161. The van der Waals surface area contributed by atoms with Crippen molar-refractivity contribution in [3.8, 4) is 0 Å². The fraction of sp³-hybridized carbons (Fsp3) is 0.647. The number of esters is 1. The van der Waals surface area contributed by atoms with Crippen molar-refractivity contribution in [1.82, 2.24) is 0 Å². The summed E-state index contributed by atoms with van der Waals surface area (Å²) in [6.07, 6.45) is 8.20. The predicted octanol–water partition coefficient (Wildman–Crippen LogP) is 3.81. The number of aliphatic hydroxyl groups excluding tert-OH is 1. The van der Waals surface area contributed by atoms with Gasteiger partial charge in [0, 0.05) is 6.42 Å². The molecule has 1 heterocycles. The molecule has 1 aliphatic heterocycles. The summed E-state index contributed by atoms with van der Waals surface area (Å²) in [6.45, 7) is 5.80. The lowest BCUT2D eigenvalue weighted by Gasteiger charge is -2.39. The summed E-state index contributed by atoms with van der Waals surface area (Å²) in [4.78, 5) is 17.5. The number of hydrogen-bond donors (Lipinski definition) is 1. The van der Waals surface area contributed by atoms with E-state index in [0.717, 1.165) is 38.5 Å². The van der Waals surface area contributed by atoms with Crippen LogP contribution in [0.5, 0.6) is 0 Å². The predicted molar refractivity (Wildman–Crippen MR) is 84.7 cm³/mol. The Morgan fingerprint density at radius 2 is 2.18 bits per heavy atom. The summed E-state index contributed by atoms with van der Waals surface area (Å²) in [5, 5.41) is 14.4. The topological polar surface area (TPSA) is 68.1 Å². The van der Waals surface area contributed by atoms with E-state index in [-0.39, 0.29) is 17.9 Å². The summed E-state index contributed by atoms with van der Waals surface area (Å²) < 4.78 is 5.72. The van der Waals surface area contributed by atoms with E-state index in [2.05, 4.69) is 11.7 Å². The van der Waals surface area contributed by atoms with E-state index in [1.165, 1.54) is 0 Å².